The second-order valence-electron chi connectivity index (χ2n) is 6.32. The summed E-state index contributed by atoms with van der Waals surface area (Å²) >= 11 is 0. The molecule has 1 aromatic carbocycles. The van der Waals surface area contributed by atoms with Crippen molar-refractivity contribution in [1.82, 2.24) is 15.1 Å². The van der Waals surface area contributed by atoms with Crippen LogP contribution < -0.4 is 11.1 Å². The zero-order valence-corrected chi connectivity index (χ0v) is 13.3. The van der Waals surface area contributed by atoms with Crippen molar-refractivity contribution in [2.45, 2.75) is 31.8 Å². The molecule has 0 spiro atoms. The van der Waals surface area contributed by atoms with Crippen molar-refractivity contribution in [1.29, 1.82) is 0 Å². The first kappa shape index (κ1) is 15.8. The second kappa shape index (κ2) is 7.00. The van der Waals surface area contributed by atoms with Crippen LogP contribution in [-0.2, 0) is 17.8 Å². The van der Waals surface area contributed by atoms with Crippen LogP contribution in [0.4, 0.5) is 4.79 Å². The molecule has 23 heavy (non-hydrogen) atoms. The fourth-order valence-electron chi connectivity index (χ4n) is 3.19. The van der Waals surface area contributed by atoms with E-state index in [1.54, 1.807) is 9.80 Å². The number of nitrogens with two attached hydrogens (primary N) is 1. The quantitative estimate of drug-likeness (QED) is 0.843. The Morgan fingerprint density at radius 2 is 1.78 bits per heavy atom. The van der Waals surface area contributed by atoms with Gasteiger partial charge in [-0.05, 0) is 30.4 Å². The number of hydrogen-bond acceptors (Lipinski definition) is 3. The lowest BCUT2D eigenvalue weighted by Gasteiger charge is -2.31. The molecule has 3 N–H and O–H groups in total. The maximum atomic E-state index is 12.3. The fraction of sp³-hybridized carbons (Fsp3) is 0.529. The van der Waals surface area contributed by atoms with E-state index < -0.39 is 0 Å². The van der Waals surface area contributed by atoms with Crippen LogP contribution in [0.2, 0.25) is 0 Å². The number of hydrogen-bond donors (Lipinski definition) is 2. The van der Waals surface area contributed by atoms with Crippen LogP contribution in [0.3, 0.4) is 0 Å². The fourth-order valence-corrected chi connectivity index (χ4v) is 3.19. The number of likely N-dealkylation sites (tertiary alicyclic amines) is 1. The van der Waals surface area contributed by atoms with Crippen molar-refractivity contribution in [3.05, 3.63) is 35.4 Å². The van der Waals surface area contributed by atoms with Gasteiger partial charge >= 0.3 is 6.03 Å². The Morgan fingerprint density at radius 1 is 1.09 bits per heavy atom. The van der Waals surface area contributed by atoms with E-state index in [-0.39, 0.29) is 24.5 Å². The highest BCUT2D eigenvalue weighted by atomic mass is 16.2. The van der Waals surface area contributed by atoms with E-state index in [2.05, 4.69) is 17.4 Å². The number of fused-ring (bicyclic) bond motifs is 1. The first-order valence-corrected chi connectivity index (χ1v) is 8.26. The third kappa shape index (κ3) is 3.82. The molecule has 0 saturated carbocycles. The van der Waals surface area contributed by atoms with Gasteiger partial charge in [-0.1, -0.05) is 24.3 Å². The van der Waals surface area contributed by atoms with Crippen molar-refractivity contribution in [3.8, 4) is 0 Å². The summed E-state index contributed by atoms with van der Waals surface area (Å²) in [6.07, 6.45) is 2.53. The summed E-state index contributed by atoms with van der Waals surface area (Å²) in [5, 5.41) is 2.76. The summed E-state index contributed by atoms with van der Waals surface area (Å²) in [7, 11) is 0. The minimum Gasteiger partial charge on any atom is -0.341 e. The maximum absolute atomic E-state index is 12.3. The average molecular weight is 316 g/mol. The monoisotopic (exact) mass is 316 g/mol. The highest BCUT2D eigenvalue weighted by molar-refractivity contribution is 5.84. The number of urea groups is 1. The molecule has 0 aromatic heterocycles. The molecule has 1 aromatic rings. The van der Waals surface area contributed by atoms with Crippen LogP contribution in [0.1, 0.15) is 24.0 Å². The van der Waals surface area contributed by atoms with E-state index in [4.69, 9.17) is 5.73 Å². The number of carbonyl (C=O) groups excluding carboxylic acids is 2. The van der Waals surface area contributed by atoms with Gasteiger partial charge < -0.3 is 20.9 Å². The molecule has 0 bridgehead atoms. The van der Waals surface area contributed by atoms with E-state index in [9.17, 15) is 9.59 Å². The molecule has 0 aliphatic carbocycles. The van der Waals surface area contributed by atoms with E-state index in [1.165, 1.54) is 11.1 Å². The Bertz CT molecular complexity index is 582. The van der Waals surface area contributed by atoms with Crippen LogP contribution in [0.15, 0.2) is 24.3 Å². The SMILES string of the molecule is NC1CCN(C(=O)CNC(=O)N2CCc3ccccc3C2)CC1. The molecule has 1 fully saturated rings. The van der Waals surface area contributed by atoms with Gasteiger partial charge in [0.05, 0.1) is 6.54 Å². The molecule has 124 valence electrons. The largest absolute Gasteiger partial charge is 0.341 e. The Kier molecular flexibility index (Phi) is 4.81. The molecule has 3 amide bonds. The van der Waals surface area contributed by atoms with Crippen molar-refractivity contribution in [2.24, 2.45) is 5.73 Å². The first-order chi connectivity index (χ1) is 11.1. The van der Waals surface area contributed by atoms with Crippen LogP contribution in [-0.4, -0.2) is 54.0 Å². The highest BCUT2D eigenvalue weighted by Crippen LogP contribution is 2.18. The summed E-state index contributed by atoms with van der Waals surface area (Å²) in [4.78, 5) is 28.0. The summed E-state index contributed by atoms with van der Waals surface area (Å²) in [5.41, 5.74) is 8.33. The van der Waals surface area contributed by atoms with Gasteiger partial charge in [0.25, 0.3) is 0 Å². The molecule has 0 unspecified atom stereocenters. The van der Waals surface area contributed by atoms with Crippen LogP contribution in [0.5, 0.6) is 0 Å². The molecule has 2 heterocycles. The van der Waals surface area contributed by atoms with Gasteiger partial charge in [-0.25, -0.2) is 4.79 Å². The molecule has 2 aliphatic rings. The minimum absolute atomic E-state index is 0.0253. The Labute approximate surface area is 136 Å². The lowest BCUT2D eigenvalue weighted by atomic mass is 10.0. The van der Waals surface area contributed by atoms with E-state index in [1.807, 2.05) is 12.1 Å². The van der Waals surface area contributed by atoms with Gasteiger partial charge in [0.2, 0.25) is 5.91 Å². The van der Waals surface area contributed by atoms with Gasteiger partial charge in [-0.15, -0.1) is 0 Å². The van der Waals surface area contributed by atoms with E-state index in [0.717, 1.165) is 19.3 Å². The Morgan fingerprint density at radius 3 is 2.52 bits per heavy atom. The van der Waals surface area contributed by atoms with E-state index in [0.29, 0.717) is 26.2 Å². The summed E-state index contributed by atoms with van der Waals surface area (Å²) in [6, 6.07) is 8.21. The lowest BCUT2D eigenvalue weighted by Crippen LogP contribution is -2.49. The molecule has 6 nitrogen and oxygen atoms in total. The maximum Gasteiger partial charge on any atom is 0.318 e. The van der Waals surface area contributed by atoms with Crippen LogP contribution in [0, 0.1) is 0 Å². The number of piperidine rings is 1. The molecular weight excluding hydrogens is 292 g/mol. The molecule has 2 aliphatic heterocycles. The molecule has 3 rings (SSSR count). The van der Waals surface area contributed by atoms with E-state index >= 15 is 0 Å². The zero-order chi connectivity index (χ0) is 16.2. The van der Waals surface area contributed by atoms with Crippen molar-refractivity contribution in [3.63, 3.8) is 0 Å². The third-order valence-electron chi connectivity index (χ3n) is 4.70. The second-order valence-corrected chi connectivity index (χ2v) is 6.32. The van der Waals surface area contributed by atoms with Gasteiger partial charge in [0.15, 0.2) is 0 Å². The van der Waals surface area contributed by atoms with Crippen molar-refractivity contribution in [2.75, 3.05) is 26.2 Å². The topological polar surface area (TPSA) is 78.7 Å². The highest BCUT2D eigenvalue weighted by Gasteiger charge is 2.23. The smallest absolute Gasteiger partial charge is 0.318 e. The molecular formula is C17H24N4O2. The first-order valence-electron chi connectivity index (χ1n) is 8.26. The molecule has 0 atom stereocenters. The van der Waals surface area contributed by atoms with Crippen LogP contribution >= 0.6 is 0 Å². The number of benzene rings is 1. The molecule has 6 heteroatoms. The average Bonchev–Trinajstić information content (AvgIpc) is 2.59. The van der Waals surface area contributed by atoms with Crippen LogP contribution in [0.25, 0.3) is 0 Å². The third-order valence-corrected chi connectivity index (χ3v) is 4.70. The predicted molar refractivity (Wildman–Crippen MR) is 87.7 cm³/mol. The van der Waals surface area contributed by atoms with Gasteiger partial charge in [0.1, 0.15) is 0 Å². The normalized spacial score (nSPS) is 18.5. The Hall–Kier alpha value is -2.08. The van der Waals surface area contributed by atoms with Gasteiger partial charge in [0, 0.05) is 32.2 Å². The Balaban J connectivity index is 1.47. The zero-order valence-electron chi connectivity index (χ0n) is 13.3. The minimum atomic E-state index is -0.165. The van der Waals surface area contributed by atoms with Gasteiger partial charge in [-0.3, -0.25) is 4.79 Å². The number of nitrogens with zero attached hydrogens (tertiary/aromatic N) is 2. The lowest BCUT2D eigenvalue weighted by molar-refractivity contribution is -0.131. The number of nitrogens with one attached hydrogen (secondary N) is 1. The summed E-state index contributed by atoms with van der Waals surface area (Å²) in [6.45, 7) is 2.73. The van der Waals surface area contributed by atoms with Gasteiger partial charge in [-0.2, -0.15) is 0 Å². The van der Waals surface area contributed by atoms with Crippen molar-refractivity contribution >= 4 is 11.9 Å². The summed E-state index contributed by atoms with van der Waals surface area (Å²) < 4.78 is 0. The number of rotatable bonds is 2. The summed E-state index contributed by atoms with van der Waals surface area (Å²) in [5.74, 6) is -0.0253. The number of amides is 3. The van der Waals surface area contributed by atoms with Crippen molar-refractivity contribution < 1.29 is 9.59 Å². The number of carbonyl (C=O) groups is 2. The molecule has 1 saturated heterocycles. The standard InChI is InChI=1S/C17H24N4O2/c18-15-6-9-20(10-7-15)16(22)11-19-17(23)21-8-5-13-3-1-2-4-14(13)12-21/h1-4,15H,5-12,18H2,(H,19,23). The predicted octanol–water partition coefficient (Wildman–Crippen LogP) is 0.704. The molecule has 0 radical (unpaired) electrons.